The summed E-state index contributed by atoms with van der Waals surface area (Å²) in [7, 11) is 0. The van der Waals surface area contributed by atoms with E-state index in [1.54, 1.807) is 0 Å². The second-order valence-electron chi connectivity index (χ2n) is 3.21. The van der Waals surface area contributed by atoms with Crippen molar-refractivity contribution in [1.82, 2.24) is 4.98 Å². The maximum atomic E-state index is 13.4. The molecule has 1 aliphatic rings. The summed E-state index contributed by atoms with van der Waals surface area (Å²) in [6.45, 7) is 0. The number of carboxylic acids is 1. The molecule has 16 heavy (non-hydrogen) atoms. The number of halogens is 2. The van der Waals surface area contributed by atoms with E-state index < -0.39 is 17.6 Å². The number of allylic oxidation sites excluding steroid dienone is 4. The van der Waals surface area contributed by atoms with Crippen LogP contribution in [0.4, 0.5) is 8.78 Å². The highest BCUT2D eigenvalue weighted by Crippen LogP contribution is 2.36. The molecule has 1 aliphatic carbocycles. The Bertz CT molecular complexity index is 505. The highest BCUT2D eigenvalue weighted by molar-refractivity contribution is 7.11. The lowest BCUT2D eigenvalue weighted by molar-refractivity contribution is 0.0691. The van der Waals surface area contributed by atoms with Gasteiger partial charge in [0, 0.05) is 11.8 Å². The lowest BCUT2D eigenvalue weighted by atomic mass is 10.1. The average Bonchev–Trinajstić information content (AvgIpc) is 2.66. The summed E-state index contributed by atoms with van der Waals surface area (Å²) in [6, 6.07) is 0. The molecule has 0 saturated carbocycles. The number of carbonyl (C=O) groups is 1. The Morgan fingerprint density at radius 3 is 2.81 bits per heavy atom. The number of aromatic carboxylic acids is 1. The van der Waals surface area contributed by atoms with Crippen molar-refractivity contribution in [1.29, 1.82) is 0 Å². The third-order valence-corrected chi connectivity index (χ3v) is 2.99. The first-order chi connectivity index (χ1) is 7.59. The number of carboxylic acid groups (broad SMARTS) is 1. The normalized spacial score (nSPS) is 16.2. The second kappa shape index (κ2) is 4.13. The predicted octanol–water partition coefficient (Wildman–Crippen LogP) is 3.17. The Morgan fingerprint density at radius 2 is 2.25 bits per heavy atom. The molecule has 1 aromatic heterocycles. The topological polar surface area (TPSA) is 50.2 Å². The molecule has 0 fully saturated rings. The molecule has 6 heteroatoms. The van der Waals surface area contributed by atoms with E-state index in [-0.39, 0.29) is 22.7 Å². The van der Waals surface area contributed by atoms with Crippen molar-refractivity contribution in [3.8, 4) is 0 Å². The molecule has 1 aromatic rings. The molecule has 3 nitrogen and oxygen atoms in total. The van der Waals surface area contributed by atoms with E-state index in [0.29, 0.717) is 6.42 Å². The van der Waals surface area contributed by atoms with Gasteiger partial charge in [0.25, 0.3) is 0 Å². The molecule has 0 aliphatic heterocycles. The highest BCUT2D eigenvalue weighted by Gasteiger charge is 2.22. The van der Waals surface area contributed by atoms with Crippen molar-refractivity contribution in [2.75, 3.05) is 0 Å². The van der Waals surface area contributed by atoms with Crippen molar-refractivity contribution in [2.45, 2.75) is 12.8 Å². The van der Waals surface area contributed by atoms with Gasteiger partial charge < -0.3 is 5.11 Å². The molecular formula is C10H7F2NO2S. The largest absolute Gasteiger partial charge is 0.476 e. The summed E-state index contributed by atoms with van der Waals surface area (Å²) in [5.74, 6) is -2.45. The minimum absolute atomic E-state index is 0.0725. The van der Waals surface area contributed by atoms with Gasteiger partial charge in [0.1, 0.15) is 16.7 Å². The molecule has 0 aromatic carbocycles. The van der Waals surface area contributed by atoms with Gasteiger partial charge in [0.05, 0.1) is 5.57 Å². The fourth-order valence-electron chi connectivity index (χ4n) is 1.39. The molecule has 84 valence electrons. The van der Waals surface area contributed by atoms with Gasteiger partial charge in [0.15, 0.2) is 5.69 Å². The van der Waals surface area contributed by atoms with Crippen molar-refractivity contribution in [3.05, 3.63) is 33.8 Å². The zero-order chi connectivity index (χ0) is 11.7. The van der Waals surface area contributed by atoms with Crippen molar-refractivity contribution < 1.29 is 18.7 Å². The van der Waals surface area contributed by atoms with Crippen LogP contribution in [0.5, 0.6) is 0 Å². The summed E-state index contributed by atoms with van der Waals surface area (Å²) >= 11 is 0.921. The molecule has 0 bridgehead atoms. The third kappa shape index (κ3) is 1.88. The van der Waals surface area contributed by atoms with Crippen LogP contribution in [0.15, 0.2) is 23.1 Å². The van der Waals surface area contributed by atoms with Crippen LogP contribution in [0.1, 0.15) is 28.3 Å². The summed E-state index contributed by atoms with van der Waals surface area (Å²) in [5.41, 5.74) is -0.401. The molecule has 0 spiro atoms. The fourth-order valence-corrected chi connectivity index (χ4v) is 2.24. The van der Waals surface area contributed by atoms with Gasteiger partial charge in [-0.25, -0.2) is 18.6 Å². The summed E-state index contributed by atoms with van der Waals surface area (Å²) in [4.78, 5) is 14.3. The Balaban J connectivity index is 2.43. The lowest BCUT2D eigenvalue weighted by Crippen LogP contribution is -1.99. The zero-order valence-electron chi connectivity index (χ0n) is 8.04. The molecule has 0 radical (unpaired) electrons. The fraction of sp³-hybridized carbons (Fsp3) is 0.200. The molecule has 0 unspecified atom stereocenters. The maximum Gasteiger partial charge on any atom is 0.355 e. The van der Waals surface area contributed by atoms with Crippen LogP contribution in [-0.2, 0) is 0 Å². The van der Waals surface area contributed by atoms with E-state index in [9.17, 15) is 13.6 Å². The summed E-state index contributed by atoms with van der Waals surface area (Å²) in [6.07, 6.45) is 1.73. The Labute approximate surface area is 93.7 Å². The van der Waals surface area contributed by atoms with Crippen molar-refractivity contribution in [2.24, 2.45) is 0 Å². The van der Waals surface area contributed by atoms with Crippen LogP contribution < -0.4 is 0 Å². The predicted molar refractivity (Wildman–Crippen MR) is 55.5 cm³/mol. The van der Waals surface area contributed by atoms with Crippen LogP contribution in [0.2, 0.25) is 0 Å². The van der Waals surface area contributed by atoms with Crippen LogP contribution >= 0.6 is 11.3 Å². The van der Waals surface area contributed by atoms with Crippen LogP contribution in [0.3, 0.4) is 0 Å². The number of hydrogen-bond acceptors (Lipinski definition) is 3. The van der Waals surface area contributed by atoms with E-state index in [1.807, 2.05) is 0 Å². The molecule has 1 heterocycles. The maximum absolute atomic E-state index is 13.4. The third-order valence-electron chi connectivity index (χ3n) is 2.13. The van der Waals surface area contributed by atoms with Crippen molar-refractivity contribution >= 4 is 22.9 Å². The molecule has 0 saturated heterocycles. The van der Waals surface area contributed by atoms with Gasteiger partial charge in [0.2, 0.25) is 0 Å². The minimum Gasteiger partial charge on any atom is -0.476 e. The SMILES string of the molecule is O=C(O)c1csc(C2=C(F)CCC=C2F)n1. The quantitative estimate of drug-likeness (QED) is 0.867. The Hall–Kier alpha value is -1.56. The first-order valence-corrected chi connectivity index (χ1v) is 5.41. The van der Waals surface area contributed by atoms with Crippen LogP contribution in [0.25, 0.3) is 5.57 Å². The van der Waals surface area contributed by atoms with E-state index >= 15 is 0 Å². The van der Waals surface area contributed by atoms with Gasteiger partial charge in [-0.3, -0.25) is 0 Å². The van der Waals surface area contributed by atoms with Crippen molar-refractivity contribution in [3.63, 3.8) is 0 Å². The van der Waals surface area contributed by atoms with Gasteiger partial charge in [-0.15, -0.1) is 11.3 Å². The monoisotopic (exact) mass is 243 g/mol. The second-order valence-corrected chi connectivity index (χ2v) is 4.07. The van der Waals surface area contributed by atoms with Crippen LogP contribution in [-0.4, -0.2) is 16.1 Å². The molecule has 2 rings (SSSR count). The van der Waals surface area contributed by atoms with E-state index in [1.165, 1.54) is 11.5 Å². The lowest BCUT2D eigenvalue weighted by Gasteiger charge is -2.09. The standard InChI is InChI=1S/C10H7F2NO2S/c11-5-2-1-3-6(12)8(5)9-13-7(4-16-9)10(14)15/h2,4H,1,3H2,(H,14,15). The Kier molecular flexibility index (Phi) is 2.82. The number of rotatable bonds is 2. The smallest absolute Gasteiger partial charge is 0.355 e. The summed E-state index contributed by atoms with van der Waals surface area (Å²) in [5, 5.41) is 9.99. The molecule has 0 atom stereocenters. The first kappa shape index (κ1) is 10.9. The number of thiazole rings is 1. The highest BCUT2D eigenvalue weighted by atomic mass is 32.1. The number of nitrogens with zero attached hydrogens (tertiary/aromatic N) is 1. The Morgan fingerprint density at radius 1 is 1.50 bits per heavy atom. The van der Waals surface area contributed by atoms with Gasteiger partial charge in [-0.2, -0.15) is 0 Å². The minimum atomic E-state index is -1.20. The summed E-state index contributed by atoms with van der Waals surface area (Å²) < 4.78 is 26.8. The van der Waals surface area contributed by atoms with E-state index in [0.717, 1.165) is 11.3 Å². The van der Waals surface area contributed by atoms with Gasteiger partial charge in [-0.1, -0.05) is 0 Å². The molecule has 0 amide bonds. The van der Waals surface area contributed by atoms with E-state index in [2.05, 4.69) is 4.98 Å². The zero-order valence-corrected chi connectivity index (χ0v) is 8.85. The molecular weight excluding hydrogens is 236 g/mol. The number of aromatic nitrogens is 1. The van der Waals surface area contributed by atoms with Gasteiger partial charge in [-0.05, 0) is 12.5 Å². The van der Waals surface area contributed by atoms with E-state index in [4.69, 9.17) is 5.11 Å². The number of hydrogen-bond donors (Lipinski definition) is 1. The first-order valence-electron chi connectivity index (χ1n) is 4.53. The molecule has 1 N–H and O–H groups in total. The van der Waals surface area contributed by atoms with Gasteiger partial charge >= 0.3 is 5.97 Å². The average molecular weight is 243 g/mol. The van der Waals surface area contributed by atoms with Crippen LogP contribution in [0, 0.1) is 0 Å².